The minimum Gasteiger partial charge on any atom is -0.432 e. The van der Waals surface area contributed by atoms with Crippen LogP contribution in [0, 0.1) is 52.7 Å². The Bertz CT molecular complexity index is 1650. The van der Waals surface area contributed by atoms with Gasteiger partial charge < -0.3 is 4.74 Å². The van der Waals surface area contributed by atoms with Crippen LogP contribution in [0.15, 0.2) is 78.2 Å². The normalized spacial score (nSPS) is 16.9. The first-order valence-electron chi connectivity index (χ1n) is 12.7. The predicted molar refractivity (Wildman–Crippen MR) is 139 cm³/mol. The minimum atomic E-state index is -4.71. The molecule has 0 saturated carbocycles. The molecule has 0 N–H and O–H groups in total. The third-order valence-electron chi connectivity index (χ3n) is 6.37. The molecule has 3 aromatic rings. The molecule has 4 rings (SSSR count). The van der Waals surface area contributed by atoms with Crippen molar-refractivity contribution in [3.63, 3.8) is 0 Å². The van der Waals surface area contributed by atoms with Gasteiger partial charge in [-0.3, -0.25) is 0 Å². The van der Waals surface area contributed by atoms with Gasteiger partial charge >= 0.3 is 6.11 Å². The fraction of sp³-hybridized carbons (Fsp3) is 0.188. The summed E-state index contributed by atoms with van der Waals surface area (Å²) in [6.45, 7) is 1.85. The highest BCUT2D eigenvalue weighted by Gasteiger charge is 2.51. The zero-order chi connectivity index (χ0) is 31.5. The van der Waals surface area contributed by atoms with Crippen molar-refractivity contribution in [1.29, 1.82) is 0 Å². The number of rotatable bonds is 7. The van der Waals surface area contributed by atoms with E-state index in [0.29, 0.717) is 30.6 Å². The highest BCUT2D eigenvalue weighted by molar-refractivity contribution is 5.66. The van der Waals surface area contributed by atoms with Gasteiger partial charge in [0.15, 0.2) is 17.5 Å². The van der Waals surface area contributed by atoms with Crippen LogP contribution in [0.5, 0.6) is 5.75 Å². The van der Waals surface area contributed by atoms with Crippen LogP contribution in [0.1, 0.15) is 24.5 Å². The third-order valence-corrected chi connectivity index (χ3v) is 6.37. The molecule has 0 aliphatic heterocycles. The van der Waals surface area contributed by atoms with Gasteiger partial charge in [-0.2, -0.15) is 8.78 Å². The van der Waals surface area contributed by atoms with Gasteiger partial charge in [0.2, 0.25) is 0 Å². The number of ether oxygens (including phenoxy) is 1. The molecule has 0 bridgehead atoms. The summed E-state index contributed by atoms with van der Waals surface area (Å²) in [7, 11) is 0. The Kier molecular flexibility index (Phi) is 9.38. The van der Waals surface area contributed by atoms with Gasteiger partial charge in [0.25, 0.3) is 0 Å². The number of halogens is 10. The lowest BCUT2D eigenvalue weighted by Crippen LogP contribution is -2.41. The molecule has 2 unspecified atom stereocenters. The van der Waals surface area contributed by atoms with Crippen molar-refractivity contribution in [2.75, 3.05) is 0 Å². The molecule has 0 saturated heterocycles. The van der Waals surface area contributed by atoms with Gasteiger partial charge in [-0.1, -0.05) is 36.1 Å². The van der Waals surface area contributed by atoms with E-state index in [-0.39, 0.29) is 23.3 Å². The maximum absolute atomic E-state index is 14.8. The molecule has 0 amide bonds. The van der Waals surface area contributed by atoms with Crippen molar-refractivity contribution in [3.8, 4) is 28.7 Å². The molecule has 0 radical (unpaired) electrons. The van der Waals surface area contributed by atoms with Gasteiger partial charge in [-0.25, -0.2) is 35.1 Å². The van der Waals surface area contributed by atoms with Gasteiger partial charge in [0.05, 0.1) is 5.56 Å². The summed E-state index contributed by atoms with van der Waals surface area (Å²) >= 11 is 0. The van der Waals surface area contributed by atoms with Crippen molar-refractivity contribution in [1.82, 2.24) is 0 Å². The monoisotopic (exact) mass is 610 g/mol. The van der Waals surface area contributed by atoms with Crippen molar-refractivity contribution in [2.24, 2.45) is 5.92 Å². The quantitative estimate of drug-likeness (QED) is 0.112. The van der Waals surface area contributed by atoms with Gasteiger partial charge in [-0.05, 0) is 61.2 Å². The molecule has 43 heavy (non-hydrogen) atoms. The van der Waals surface area contributed by atoms with E-state index < -0.39 is 75.8 Å². The summed E-state index contributed by atoms with van der Waals surface area (Å²) < 4.78 is 146. The van der Waals surface area contributed by atoms with E-state index in [1.54, 1.807) is 6.07 Å². The molecule has 0 aromatic heterocycles. The van der Waals surface area contributed by atoms with Crippen LogP contribution in [-0.4, -0.2) is 12.3 Å². The minimum absolute atomic E-state index is 0.0704. The highest BCUT2D eigenvalue weighted by atomic mass is 19.3. The van der Waals surface area contributed by atoms with E-state index >= 15 is 0 Å². The average molecular weight is 610 g/mol. The number of allylic oxidation sites excluding steroid dienone is 5. The number of aryl methyl sites for hydroxylation is 1. The number of alkyl halides is 3. The Morgan fingerprint density at radius 2 is 1.49 bits per heavy atom. The molecule has 1 aliphatic carbocycles. The van der Waals surface area contributed by atoms with Crippen LogP contribution in [0.25, 0.3) is 11.1 Å². The van der Waals surface area contributed by atoms with Crippen LogP contribution in [0.4, 0.5) is 43.9 Å². The lowest BCUT2D eigenvalue weighted by molar-refractivity contribution is -0.219. The fourth-order valence-electron chi connectivity index (χ4n) is 4.29. The summed E-state index contributed by atoms with van der Waals surface area (Å²) in [6, 6.07) is 6.04. The zero-order valence-electron chi connectivity index (χ0n) is 22.1. The van der Waals surface area contributed by atoms with Crippen LogP contribution < -0.4 is 4.74 Å². The van der Waals surface area contributed by atoms with E-state index in [1.165, 1.54) is 12.1 Å². The first-order chi connectivity index (χ1) is 20.3. The van der Waals surface area contributed by atoms with Crippen molar-refractivity contribution in [3.05, 3.63) is 124 Å². The maximum Gasteiger partial charge on any atom is 0.410 e. The van der Waals surface area contributed by atoms with E-state index in [4.69, 9.17) is 0 Å². The second kappa shape index (κ2) is 12.8. The van der Waals surface area contributed by atoms with Crippen molar-refractivity contribution < 1.29 is 48.6 Å². The van der Waals surface area contributed by atoms with E-state index in [9.17, 15) is 43.9 Å². The summed E-state index contributed by atoms with van der Waals surface area (Å²) in [5.74, 6) is -10.6. The summed E-state index contributed by atoms with van der Waals surface area (Å²) in [4.78, 5) is 0. The van der Waals surface area contributed by atoms with Crippen molar-refractivity contribution in [2.45, 2.75) is 32.0 Å². The molecular formula is C32H20F10O. The molecular weight excluding hydrogens is 590 g/mol. The second-order valence-electron chi connectivity index (χ2n) is 9.42. The Morgan fingerprint density at radius 3 is 2.07 bits per heavy atom. The second-order valence-corrected chi connectivity index (χ2v) is 9.42. The van der Waals surface area contributed by atoms with Crippen LogP contribution in [0.3, 0.4) is 0 Å². The van der Waals surface area contributed by atoms with Gasteiger partial charge in [0.1, 0.15) is 41.1 Å². The summed E-state index contributed by atoms with van der Waals surface area (Å²) in [5, 5.41) is 0. The fourth-order valence-corrected chi connectivity index (χ4v) is 4.29. The number of hydrogen-bond donors (Lipinski definition) is 0. The Labute approximate surface area is 239 Å². The predicted octanol–water partition coefficient (Wildman–Crippen LogP) is 9.47. The molecule has 11 heteroatoms. The molecule has 1 aliphatic rings. The molecule has 1 nitrogen and oxygen atoms in total. The zero-order valence-corrected chi connectivity index (χ0v) is 22.1. The first kappa shape index (κ1) is 31.5. The SMILES string of the molecule is C/C=C/CCc1ccc(-c2cc(F)c(C#CC3=CC(F)C(C(F)(F)Oc4cc(F)c(F)c(F)c4)C(F)=C3)c(F)c2)c(F)c1. The van der Waals surface area contributed by atoms with Crippen LogP contribution >= 0.6 is 0 Å². The molecule has 2 atom stereocenters. The smallest absolute Gasteiger partial charge is 0.410 e. The largest absolute Gasteiger partial charge is 0.432 e. The lowest BCUT2D eigenvalue weighted by Gasteiger charge is -2.29. The Balaban J connectivity index is 1.54. The van der Waals surface area contributed by atoms with E-state index in [2.05, 4.69) is 16.6 Å². The van der Waals surface area contributed by atoms with Crippen LogP contribution in [0.2, 0.25) is 0 Å². The maximum atomic E-state index is 14.8. The summed E-state index contributed by atoms with van der Waals surface area (Å²) in [5.41, 5.74) is -0.907. The lowest BCUT2D eigenvalue weighted by atomic mass is 9.92. The average Bonchev–Trinajstić information content (AvgIpc) is 2.90. The third kappa shape index (κ3) is 7.13. The standard InChI is InChI=1S/C32H20F10O/c1-2-3-4-5-17-6-8-21(23(33)10-17)19-13-24(34)22(25(35)14-19)9-7-18-11-26(36)30(27(37)12-18)32(41,42)43-20-15-28(38)31(40)29(39)16-20/h2-3,6,8,10-16,26,30H,4-5H2,1H3/b3-2+. The molecule has 224 valence electrons. The van der Waals surface area contributed by atoms with Crippen LogP contribution in [-0.2, 0) is 6.42 Å². The number of hydrogen-bond acceptors (Lipinski definition) is 1. The Hall–Kier alpha value is -4.46. The molecule has 0 heterocycles. The molecule has 0 fully saturated rings. The molecule has 0 spiro atoms. The number of benzene rings is 3. The van der Waals surface area contributed by atoms with Gasteiger partial charge in [0, 0.05) is 23.3 Å². The van der Waals surface area contributed by atoms with Gasteiger partial charge in [-0.15, -0.1) is 0 Å². The first-order valence-corrected chi connectivity index (χ1v) is 12.7. The molecule has 3 aromatic carbocycles. The Morgan fingerprint density at radius 1 is 0.837 bits per heavy atom. The highest BCUT2D eigenvalue weighted by Crippen LogP contribution is 2.41. The van der Waals surface area contributed by atoms with Crippen molar-refractivity contribution >= 4 is 0 Å². The van der Waals surface area contributed by atoms with E-state index in [0.717, 1.165) is 12.1 Å². The summed E-state index contributed by atoms with van der Waals surface area (Å²) in [6.07, 6.45) is -1.72. The topological polar surface area (TPSA) is 9.23 Å². The van der Waals surface area contributed by atoms with E-state index in [1.807, 2.05) is 19.1 Å².